The first-order chi connectivity index (χ1) is 19.8. The molecular weight excluding hydrogens is 528 g/mol. The summed E-state index contributed by atoms with van der Waals surface area (Å²) in [4.78, 5) is 0. The van der Waals surface area contributed by atoms with Crippen LogP contribution in [-0.4, -0.2) is 0 Å². The third-order valence-corrected chi connectivity index (χ3v) is 8.88. The van der Waals surface area contributed by atoms with Gasteiger partial charge in [0.05, 0.1) is 0 Å². The van der Waals surface area contributed by atoms with E-state index in [1.165, 1.54) is 89.0 Å². The molecule has 0 aromatic heterocycles. The number of hydrogen-bond donors (Lipinski definition) is 0. The molecule has 0 nitrogen and oxygen atoms in total. The fourth-order valence-electron chi connectivity index (χ4n) is 4.92. The molecule has 44 heavy (non-hydrogen) atoms. The maximum Gasteiger partial charge on any atom is -0.0152 e. The molecule has 0 unspecified atom stereocenters. The van der Waals surface area contributed by atoms with Gasteiger partial charge in [-0.05, 0) is 172 Å². The van der Waals surface area contributed by atoms with E-state index in [2.05, 4.69) is 168 Å². The molecule has 0 atom stereocenters. The smallest absolute Gasteiger partial charge is 0.0152 e. The van der Waals surface area contributed by atoms with Gasteiger partial charge in [0, 0.05) is 0 Å². The highest BCUT2D eigenvalue weighted by Gasteiger charge is 2.05. The van der Waals surface area contributed by atoms with Gasteiger partial charge in [-0.15, -0.1) is 0 Å². The Morgan fingerprint density at radius 3 is 0.955 bits per heavy atom. The molecule has 5 rings (SSSR count). The van der Waals surface area contributed by atoms with Crippen molar-refractivity contribution in [2.45, 2.75) is 97.9 Å². The lowest BCUT2D eigenvalue weighted by atomic mass is 9.95. The third-order valence-electron chi connectivity index (χ3n) is 8.88. The number of aryl methyl sites for hydroxylation is 11. The van der Waals surface area contributed by atoms with Crippen molar-refractivity contribution in [2.24, 2.45) is 0 Å². The van der Waals surface area contributed by atoms with E-state index in [0.29, 0.717) is 0 Å². The molecule has 0 radical (unpaired) electrons. The standard InChI is InChI=1S/2C16H18.C10H14.2CH4/c1-11-5-7-15(9-13(11)3)16-8-6-12(2)14(4)10-16;1-11-8-9-15(10-13(11)3)16-7-5-6-12(2)14(16)4;1-7-5-9(3)10(4)6-8(7)2;;/h2*5-10H,1-4H3;5-6H,1-4H3;2*1H4. The Labute approximate surface area is 271 Å². The normalized spacial score (nSPS) is 9.91. The predicted molar refractivity (Wildman–Crippen MR) is 201 cm³/mol. The van der Waals surface area contributed by atoms with Crippen LogP contribution in [0.25, 0.3) is 22.3 Å². The third kappa shape index (κ3) is 9.81. The van der Waals surface area contributed by atoms with Crippen molar-refractivity contribution in [3.63, 3.8) is 0 Å². The maximum absolute atomic E-state index is 2.27. The highest BCUT2D eigenvalue weighted by Crippen LogP contribution is 2.27. The summed E-state index contributed by atoms with van der Waals surface area (Å²) in [5.74, 6) is 0. The molecule has 0 aliphatic heterocycles. The molecule has 0 heteroatoms. The lowest BCUT2D eigenvalue weighted by Crippen LogP contribution is -1.88. The second-order valence-corrected chi connectivity index (χ2v) is 12.2. The molecule has 0 aliphatic carbocycles. The fraction of sp³-hybridized carbons (Fsp3) is 0.318. The number of hydrogen-bond acceptors (Lipinski definition) is 0. The molecule has 0 spiro atoms. The minimum absolute atomic E-state index is 0. The van der Waals surface area contributed by atoms with E-state index in [9.17, 15) is 0 Å². The average molecular weight is 587 g/mol. The Kier molecular flexibility index (Phi) is 14.6. The van der Waals surface area contributed by atoms with Crippen molar-refractivity contribution < 1.29 is 0 Å². The van der Waals surface area contributed by atoms with E-state index in [-0.39, 0.29) is 14.9 Å². The summed E-state index contributed by atoms with van der Waals surface area (Å²) in [6, 6.07) is 31.0. The van der Waals surface area contributed by atoms with Crippen molar-refractivity contribution in [1.82, 2.24) is 0 Å². The number of benzene rings is 5. The molecule has 0 saturated carbocycles. The Hall–Kier alpha value is -3.90. The first-order valence-electron chi connectivity index (χ1n) is 15.1. The van der Waals surface area contributed by atoms with Crippen molar-refractivity contribution in [2.75, 3.05) is 0 Å². The predicted octanol–water partition coefficient (Wildman–Crippen LogP) is 13.4. The maximum atomic E-state index is 2.27. The Bertz CT molecular complexity index is 1580. The zero-order valence-electron chi connectivity index (χ0n) is 28.1. The van der Waals surface area contributed by atoms with Gasteiger partial charge in [-0.2, -0.15) is 0 Å². The summed E-state index contributed by atoms with van der Waals surface area (Å²) in [6.45, 7) is 25.9. The quantitative estimate of drug-likeness (QED) is 0.193. The van der Waals surface area contributed by atoms with Crippen LogP contribution in [0.4, 0.5) is 0 Å². The van der Waals surface area contributed by atoms with E-state index in [0.717, 1.165) is 0 Å². The largest absolute Gasteiger partial charge is 0.0776 e. The van der Waals surface area contributed by atoms with E-state index in [1.54, 1.807) is 0 Å². The molecule has 5 aromatic rings. The summed E-state index contributed by atoms with van der Waals surface area (Å²) >= 11 is 0. The molecule has 0 aliphatic rings. The second-order valence-electron chi connectivity index (χ2n) is 12.2. The van der Waals surface area contributed by atoms with Gasteiger partial charge in [-0.1, -0.05) is 99.8 Å². The van der Waals surface area contributed by atoms with Crippen molar-refractivity contribution >= 4 is 0 Å². The molecule has 0 saturated heterocycles. The summed E-state index contributed by atoms with van der Waals surface area (Å²) in [7, 11) is 0. The molecule has 0 fully saturated rings. The summed E-state index contributed by atoms with van der Waals surface area (Å²) in [5, 5.41) is 0. The number of rotatable bonds is 2. The topological polar surface area (TPSA) is 0 Å². The van der Waals surface area contributed by atoms with E-state index < -0.39 is 0 Å². The highest BCUT2D eigenvalue weighted by atomic mass is 14.1. The van der Waals surface area contributed by atoms with Crippen LogP contribution in [0.1, 0.15) is 81.6 Å². The van der Waals surface area contributed by atoms with Crippen LogP contribution in [0, 0.1) is 83.1 Å². The van der Waals surface area contributed by atoms with Crippen LogP contribution in [0.15, 0.2) is 84.9 Å². The van der Waals surface area contributed by atoms with Gasteiger partial charge in [-0.25, -0.2) is 0 Å². The molecule has 0 heterocycles. The lowest BCUT2D eigenvalue weighted by molar-refractivity contribution is 1.24. The molecule has 5 aromatic carbocycles. The van der Waals surface area contributed by atoms with E-state index in [1.807, 2.05) is 0 Å². The average Bonchev–Trinajstić information content (AvgIpc) is 2.94. The van der Waals surface area contributed by atoms with Crippen LogP contribution in [-0.2, 0) is 0 Å². The van der Waals surface area contributed by atoms with Gasteiger partial charge in [-0.3, -0.25) is 0 Å². The fourth-order valence-corrected chi connectivity index (χ4v) is 4.92. The van der Waals surface area contributed by atoms with Gasteiger partial charge in [0.1, 0.15) is 0 Å². The summed E-state index contributed by atoms with van der Waals surface area (Å²) in [5.41, 5.74) is 21.7. The Morgan fingerprint density at radius 2 is 0.591 bits per heavy atom. The van der Waals surface area contributed by atoms with Crippen molar-refractivity contribution in [3.8, 4) is 22.3 Å². The van der Waals surface area contributed by atoms with Crippen LogP contribution in [0.3, 0.4) is 0 Å². The Balaban J connectivity index is 0.000000332. The second kappa shape index (κ2) is 16.8. The molecule has 234 valence electrons. The summed E-state index contributed by atoms with van der Waals surface area (Å²) < 4.78 is 0. The lowest BCUT2D eigenvalue weighted by Gasteiger charge is -2.10. The molecular formula is C44H58. The molecule has 0 bridgehead atoms. The van der Waals surface area contributed by atoms with Crippen LogP contribution in [0.2, 0.25) is 0 Å². The van der Waals surface area contributed by atoms with Crippen LogP contribution < -0.4 is 0 Å². The van der Waals surface area contributed by atoms with Crippen molar-refractivity contribution in [1.29, 1.82) is 0 Å². The van der Waals surface area contributed by atoms with Gasteiger partial charge in [0.2, 0.25) is 0 Å². The van der Waals surface area contributed by atoms with Gasteiger partial charge in [0.25, 0.3) is 0 Å². The highest BCUT2D eigenvalue weighted by molar-refractivity contribution is 5.69. The first kappa shape index (κ1) is 38.1. The van der Waals surface area contributed by atoms with E-state index in [4.69, 9.17) is 0 Å². The van der Waals surface area contributed by atoms with Crippen molar-refractivity contribution in [3.05, 3.63) is 152 Å². The molecule has 0 N–H and O–H groups in total. The zero-order valence-corrected chi connectivity index (χ0v) is 28.1. The monoisotopic (exact) mass is 586 g/mol. The van der Waals surface area contributed by atoms with E-state index >= 15 is 0 Å². The SMILES string of the molecule is C.C.Cc1cc(C)c(C)cc1C.Cc1ccc(-c2ccc(C)c(C)c2)cc1C.Cc1ccc(-c2cccc(C)c2C)cc1C. The van der Waals surface area contributed by atoms with Gasteiger partial charge in [0.15, 0.2) is 0 Å². The molecule has 0 amide bonds. The van der Waals surface area contributed by atoms with Gasteiger partial charge < -0.3 is 0 Å². The minimum Gasteiger partial charge on any atom is -0.0776 e. The zero-order chi connectivity index (χ0) is 31.1. The van der Waals surface area contributed by atoms with Gasteiger partial charge >= 0.3 is 0 Å². The van der Waals surface area contributed by atoms with Crippen LogP contribution in [0.5, 0.6) is 0 Å². The summed E-state index contributed by atoms with van der Waals surface area (Å²) in [6.07, 6.45) is 0. The minimum atomic E-state index is 0. The Morgan fingerprint density at radius 1 is 0.273 bits per heavy atom. The van der Waals surface area contributed by atoms with Crippen LogP contribution >= 0.6 is 0 Å². The first-order valence-corrected chi connectivity index (χ1v) is 15.1.